The zero-order chi connectivity index (χ0) is 23.0. The number of para-hydroxylation sites is 2. The zero-order valence-electron chi connectivity index (χ0n) is 18.6. The topological polar surface area (TPSA) is 95.5 Å². The summed E-state index contributed by atoms with van der Waals surface area (Å²) in [5.41, 5.74) is 2.24. The van der Waals surface area contributed by atoms with Gasteiger partial charge < -0.3 is 14.8 Å². The van der Waals surface area contributed by atoms with E-state index in [9.17, 15) is 14.7 Å². The maximum Gasteiger partial charge on any atom is 0.296 e. The number of ether oxygens (including phenoxy) is 1. The van der Waals surface area contributed by atoms with Gasteiger partial charge in [0, 0.05) is 6.42 Å². The standard InChI is InChI=1S/C25H27N3O4/c1-14(2)13-20(29)21-22(16-9-11-17(12-10-16)32-15(3)4)28(24(31)23(21)30)25-26-18-7-5-6-8-19(18)27-25/h5-12,14-15,22,30H,13H2,1-4H3,(H,26,27). The first-order chi connectivity index (χ1) is 15.3. The van der Waals surface area contributed by atoms with Gasteiger partial charge in [0.25, 0.3) is 5.91 Å². The Morgan fingerprint density at radius 1 is 1.12 bits per heavy atom. The Hall–Kier alpha value is -3.61. The molecule has 32 heavy (non-hydrogen) atoms. The molecule has 0 fully saturated rings. The molecule has 7 heteroatoms. The highest BCUT2D eigenvalue weighted by molar-refractivity contribution is 6.16. The van der Waals surface area contributed by atoms with Crippen LogP contribution in [0.2, 0.25) is 0 Å². The summed E-state index contributed by atoms with van der Waals surface area (Å²) in [5, 5.41) is 10.8. The lowest BCUT2D eigenvalue weighted by Gasteiger charge is -2.25. The normalized spacial score (nSPS) is 16.6. The Kier molecular flexibility index (Phi) is 5.74. The number of nitrogens with one attached hydrogen (secondary N) is 1. The average molecular weight is 434 g/mol. The minimum absolute atomic E-state index is 0.0214. The monoisotopic (exact) mass is 433 g/mol. The molecule has 4 rings (SSSR count). The molecule has 3 aromatic rings. The third-order valence-electron chi connectivity index (χ3n) is 5.27. The van der Waals surface area contributed by atoms with Crippen molar-refractivity contribution in [1.29, 1.82) is 0 Å². The second-order valence-electron chi connectivity index (χ2n) is 8.67. The summed E-state index contributed by atoms with van der Waals surface area (Å²) in [5.74, 6) is -0.376. The molecule has 7 nitrogen and oxygen atoms in total. The summed E-state index contributed by atoms with van der Waals surface area (Å²) >= 11 is 0. The highest BCUT2D eigenvalue weighted by atomic mass is 16.5. The molecule has 2 N–H and O–H groups in total. The molecule has 0 saturated heterocycles. The fourth-order valence-corrected chi connectivity index (χ4v) is 3.96. The van der Waals surface area contributed by atoms with Crippen LogP contribution in [0.4, 0.5) is 5.95 Å². The van der Waals surface area contributed by atoms with Crippen LogP contribution in [0.5, 0.6) is 5.75 Å². The number of benzene rings is 2. The van der Waals surface area contributed by atoms with Gasteiger partial charge in [0.05, 0.1) is 28.8 Å². The Balaban J connectivity index is 1.81. The van der Waals surface area contributed by atoms with E-state index in [1.165, 1.54) is 4.90 Å². The van der Waals surface area contributed by atoms with Gasteiger partial charge in [-0.2, -0.15) is 0 Å². The number of rotatable bonds is 7. The highest BCUT2D eigenvalue weighted by Crippen LogP contribution is 2.41. The van der Waals surface area contributed by atoms with Crippen LogP contribution in [0.3, 0.4) is 0 Å². The van der Waals surface area contributed by atoms with Crippen molar-refractivity contribution >= 4 is 28.7 Å². The van der Waals surface area contributed by atoms with Crippen molar-refractivity contribution in [3.63, 3.8) is 0 Å². The highest BCUT2D eigenvalue weighted by Gasteiger charge is 2.45. The Morgan fingerprint density at radius 3 is 2.44 bits per heavy atom. The van der Waals surface area contributed by atoms with E-state index in [0.717, 1.165) is 5.52 Å². The van der Waals surface area contributed by atoms with E-state index in [1.54, 1.807) is 12.1 Å². The minimum atomic E-state index is -0.789. The van der Waals surface area contributed by atoms with Gasteiger partial charge in [-0.25, -0.2) is 4.98 Å². The van der Waals surface area contributed by atoms with Gasteiger partial charge in [-0.05, 0) is 49.6 Å². The van der Waals surface area contributed by atoms with Crippen molar-refractivity contribution in [3.8, 4) is 5.75 Å². The molecule has 1 amide bonds. The maximum absolute atomic E-state index is 13.2. The van der Waals surface area contributed by atoms with Gasteiger partial charge in [-0.3, -0.25) is 14.5 Å². The van der Waals surface area contributed by atoms with Gasteiger partial charge >= 0.3 is 0 Å². The molecule has 2 heterocycles. The molecule has 0 radical (unpaired) electrons. The predicted octanol–water partition coefficient (Wildman–Crippen LogP) is 4.87. The first-order valence-electron chi connectivity index (χ1n) is 10.8. The molecule has 0 saturated carbocycles. The number of hydrogen-bond acceptors (Lipinski definition) is 5. The van der Waals surface area contributed by atoms with Gasteiger partial charge in [-0.1, -0.05) is 38.1 Å². The van der Waals surface area contributed by atoms with Crippen molar-refractivity contribution < 1.29 is 19.4 Å². The van der Waals surface area contributed by atoms with Crippen LogP contribution in [-0.4, -0.2) is 32.9 Å². The molecule has 1 atom stereocenters. The number of Topliss-reactive ketones (excluding diaryl/α,β-unsaturated/α-hetero) is 1. The summed E-state index contributed by atoms with van der Waals surface area (Å²) in [7, 11) is 0. The largest absolute Gasteiger partial charge is 0.503 e. The third-order valence-corrected chi connectivity index (χ3v) is 5.27. The van der Waals surface area contributed by atoms with Crippen LogP contribution in [0.1, 0.15) is 45.7 Å². The lowest BCUT2D eigenvalue weighted by Crippen LogP contribution is -2.32. The Labute approximate surface area is 186 Å². The van der Waals surface area contributed by atoms with E-state index in [-0.39, 0.29) is 35.7 Å². The van der Waals surface area contributed by atoms with E-state index in [0.29, 0.717) is 16.8 Å². The Bertz CT molecular complexity index is 1160. The summed E-state index contributed by atoms with van der Waals surface area (Å²) in [6.07, 6.45) is 0.249. The fourth-order valence-electron chi connectivity index (χ4n) is 3.96. The number of anilines is 1. The van der Waals surface area contributed by atoms with Crippen LogP contribution in [-0.2, 0) is 9.59 Å². The van der Waals surface area contributed by atoms with E-state index in [1.807, 2.05) is 64.1 Å². The quantitative estimate of drug-likeness (QED) is 0.554. The van der Waals surface area contributed by atoms with Crippen molar-refractivity contribution in [3.05, 3.63) is 65.4 Å². The molecule has 1 unspecified atom stereocenters. The first kappa shape index (κ1) is 21.6. The summed E-state index contributed by atoms with van der Waals surface area (Å²) in [4.78, 5) is 35.3. The van der Waals surface area contributed by atoms with Crippen molar-refractivity contribution in [2.75, 3.05) is 4.90 Å². The van der Waals surface area contributed by atoms with Crippen LogP contribution < -0.4 is 9.64 Å². The number of fused-ring (bicyclic) bond motifs is 1. The summed E-state index contributed by atoms with van der Waals surface area (Å²) < 4.78 is 5.72. The molecule has 0 aliphatic carbocycles. The number of aromatic amines is 1. The number of aromatic nitrogens is 2. The minimum Gasteiger partial charge on any atom is -0.503 e. The first-order valence-corrected chi connectivity index (χ1v) is 10.8. The van der Waals surface area contributed by atoms with E-state index in [4.69, 9.17) is 4.74 Å². The molecular weight excluding hydrogens is 406 g/mol. The molecule has 1 aromatic heterocycles. The number of carbonyl (C=O) groups is 2. The summed E-state index contributed by atoms with van der Waals surface area (Å²) in [6.45, 7) is 7.74. The molecule has 1 aliphatic rings. The predicted molar refractivity (Wildman–Crippen MR) is 123 cm³/mol. The van der Waals surface area contributed by atoms with Crippen molar-refractivity contribution in [2.45, 2.75) is 46.3 Å². The van der Waals surface area contributed by atoms with Crippen molar-refractivity contribution in [2.24, 2.45) is 5.92 Å². The number of nitrogens with zero attached hydrogens (tertiary/aromatic N) is 2. The molecule has 2 aromatic carbocycles. The SMILES string of the molecule is CC(C)CC(=O)C1=C(O)C(=O)N(c2nc3ccccc3[nH]2)C1c1ccc(OC(C)C)cc1. The van der Waals surface area contributed by atoms with Gasteiger partial charge in [0.15, 0.2) is 11.5 Å². The molecule has 0 spiro atoms. The summed E-state index contributed by atoms with van der Waals surface area (Å²) in [6, 6.07) is 13.9. The molecule has 0 bridgehead atoms. The second kappa shape index (κ2) is 8.49. The number of amides is 1. The average Bonchev–Trinajstić information content (AvgIpc) is 3.26. The Morgan fingerprint density at radius 2 is 1.81 bits per heavy atom. The zero-order valence-corrected chi connectivity index (χ0v) is 18.6. The van der Waals surface area contributed by atoms with E-state index < -0.39 is 17.7 Å². The fraction of sp³-hybridized carbons (Fsp3) is 0.320. The van der Waals surface area contributed by atoms with Crippen LogP contribution in [0.15, 0.2) is 59.9 Å². The van der Waals surface area contributed by atoms with Crippen LogP contribution in [0, 0.1) is 5.92 Å². The lowest BCUT2D eigenvalue weighted by molar-refractivity contribution is -0.118. The van der Waals surface area contributed by atoms with Crippen LogP contribution in [0.25, 0.3) is 11.0 Å². The third kappa shape index (κ3) is 3.98. The lowest BCUT2D eigenvalue weighted by atomic mass is 9.92. The molecular formula is C25H27N3O4. The second-order valence-corrected chi connectivity index (χ2v) is 8.67. The maximum atomic E-state index is 13.2. The van der Waals surface area contributed by atoms with Gasteiger partial charge in [0.2, 0.25) is 5.95 Å². The number of aliphatic hydroxyl groups excluding tert-OH is 1. The number of imidazole rings is 1. The van der Waals surface area contributed by atoms with Crippen molar-refractivity contribution in [1.82, 2.24) is 9.97 Å². The van der Waals surface area contributed by atoms with Gasteiger partial charge in [0.1, 0.15) is 5.75 Å². The smallest absolute Gasteiger partial charge is 0.296 e. The molecule has 166 valence electrons. The number of carbonyl (C=O) groups excluding carboxylic acids is 2. The number of hydrogen-bond donors (Lipinski definition) is 2. The van der Waals surface area contributed by atoms with Gasteiger partial charge in [-0.15, -0.1) is 0 Å². The number of aliphatic hydroxyl groups is 1. The van der Waals surface area contributed by atoms with E-state index in [2.05, 4.69) is 9.97 Å². The number of ketones is 1. The van der Waals surface area contributed by atoms with Crippen LogP contribution >= 0.6 is 0 Å². The number of H-pyrrole nitrogens is 1. The molecule has 1 aliphatic heterocycles. The van der Waals surface area contributed by atoms with E-state index >= 15 is 0 Å².